The molecule has 0 N–H and O–H groups in total. The minimum Gasteiger partial charge on any atom is -0.0693 e. The van der Waals surface area contributed by atoms with Crippen molar-refractivity contribution in [2.24, 2.45) is 11.8 Å². The summed E-state index contributed by atoms with van der Waals surface area (Å²) >= 11 is 0. The molecule has 2 atom stereocenters. The molecular weight excluding hydrogens is 160 g/mol. The van der Waals surface area contributed by atoms with E-state index in [0.29, 0.717) is 0 Å². The number of rotatable bonds is 1. The molecule has 0 aliphatic heterocycles. The normalized spacial score (nSPS) is 41.8. The average Bonchev–Trinajstić information content (AvgIpc) is 2.37. The van der Waals surface area contributed by atoms with Crippen molar-refractivity contribution in [2.75, 3.05) is 0 Å². The van der Waals surface area contributed by atoms with E-state index in [1.807, 2.05) is 0 Å². The molecule has 2 rings (SSSR count). The summed E-state index contributed by atoms with van der Waals surface area (Å²) in [6.45, 7) is 7.66. The van der Waals surface area contributed by atoms with Crippen LogP contribution in [0, 0.1) is 11.8 Å². The van der Waals surface area contributed by atoms with Crippen molar-refractivity contribution in [2.45, 2.75) is 57.3 Å². The lowest BCUT2D eigenvalue weighted by molar-refractivity contribution is 0.457. The maximum atomic E-state index is 2.55. The summed E-state index contributed by atoms with van der Waals surface area (Å²) in [4.78, 5) is 0. The molecule has 2 saturated carbocycles. The zero-order chi connectivity index (χ0) is 8.77. The number of hydrogen-bond acceptors (Lipinski definition) is 0. The molecule has 0 aromatic carbocycles. The summed E-state index contributed by atoms with van der Waals surface area (Å²) < 4.78 is 0. The van der Waals surface area contributed by atoms with Gasteiger partial charge in [-0.05, 0) is 30.2 Å². The maximum Gasteiger partial charge on any atom is 0.0474 e. The second-order valence-corrected chi connectivity index (χ2v) is 11.5. The van der Waals surface area contributed by atoms with Crippen LogP contribution in [0.3, 0.4) is 0 Å². The van der Waals surface area contributed by atoms with E-state index < -0.39 is 8.07 Å². The smallest absolute Gasteiger partial charge is 0.0474 e. The Hall–Kier alpha value is 0.217. The summed E-state index contributed by atoms with van der Waals surface area (Å²) in [6.07, 6.45) is 7.85. The van der Waals surface area contributed by atoms with Crippen LogP contribution in [-0.4, -0.2) is 8.07 Å². The highest BCUT2D eigenvalue weighted by atomic mass is 28.3. The van der Waals surface area contributed by atoms with Gasteiger partial charge < -0.3 is 0 Å². The predicted octanol–water partition coefficient (Wildman–Crippen LogP) is 3.90. The molecule has 0 amide bonds. The summed E-state index contributed by atoms with van der Waals surface area (Å²) in [5.74, 6) is 2.31. The Labute approximate surface area is 77.8 Å². The third kappa shape index (κ3) is 1.48. The van der Waals surface area contributed by atoms with Crippen LogP contribution in [0.5, 0.6) is 0 Å². The minimum absolute atomic E-state index is 0.790. The van der Waals surface area contributed by atoms with Gasteiger partial charge in [0, 0.05) is 8.07 Å². The molecule has 12 heavy (non-hydrogen) atoms. The lowest BCUT2D eigenvalue weighted by Crippen LogP contribution is -2.26. The Bertz CT molecular complexity index is 156. The molecule has 0 saturated heterocycles. The summed E-state index contributed by atoms with van der Waals surface area (Å²) in [5, 5.41) is 0. The summed E-state index contributed by atoms with van der Waals surface area (Å²) in [7, 11) is -0.790. The minimum atomic E-state index is -0.790. The van der Waals surface area contributed by atoms with Gasteiger partial charge in [0.2, 0.25) is 0 Å². The molecule has 2 unspecified atom stereocenters. The van der Waals surface area contributed by atoms with E-state index in [-0.39, 0.29) is 0 Å². The lowest BCUT2D eigenvalue weighted by Gasteiger charge is -2.25. The van der Waals surface area contributed by atoms with E-state index in [1.54, 1.807) is 25.7 Å². The van der Waals surface area contributed by atoms with Crippen LogP contribution in [-0.2, 0) is 0 Å². The van der Waals surface area contributed by atoms with Gasteiger partial charge in [-0.1, -0.05) is 38.9 Å². The zero-order valence-corrected chi connectivity index (χ0v) is 9.77. The van der Waals surface area contributed by atoms with E-state index >= 15 is 0 Å². The van der Waals surface area contributed by atoms with E-state index in [0.717, 1.165) is 17.4 Å². The lowest BCUT2D eigenvalue weighted by atomic mass is 10.0. The van der Waals surface area contributed by atoms with E-state index in [1.165, 1.54) is 6.42 Å². The largest absolute Gasteiger partial charge is 0.0693 e. The Morgan fingerprint density at radius 1 is 0.917 bits per heavy atom. The van der Waals surface area contributed by atoms with Crippen LogP contribution >= 0.6 is 0 Å². The molecule has 0 aromatic heterocycles. The molecule has 0 spiro atoms. The maximum absolute atomic E-state index is 2.55. The third-order valence-electron chi connectivity index (χ3n) is 4.22. The van der Waals surface area contributed by atoms with Gasteiger partial charge in [-0.25, -0.2) is 0 Å². The van der Waals surface area contributed by atoms with Crippen molar-refractivity contribution in [3.05, 3.63) is 0 Å². The first-order valence-corrected chi connectivity index (χ1v) is 9.15. The fourth-order valence-corrected chi connectivity index (χ4v) is 5.29. The Balaban J connectivity index is 1.99. The predicted molar refractivity (Wildman–Crippen MR) is 57.2 cm³/mol. The van der Waals surface area contributed by atoms with Crippen LogP contribution in [0.15, 0.2) is 0 Å². The van der Waals surface area contributed by atoms with Crippen molar-refractivity contribution in [3.8, 4) is 0 Å². The van der Waals surface area contributed by atoms with Crippen molar-refractivity contribution < 1.29 is 0 Å². The first-order chi connectivity index (χ1) is 5.57. The van der Waals surface area contributed by atoms with E-state index in [2.05, 4.69) is 19.6 Å². The molecule has 0 heterocycles. The van der Waals surface area contributed by atoms with Gasteiger partial charge in [-0.15, -0.1) is 0 Å². The second-order valence-electron chi connectivity index (χ2n) is 5.99. The van der Waals surface area contributed by atoms with Gasteiger partial charge in [0.25, 0.3) is 0 Å². The highest BCUT2D eigenvalue weighted by Crippen LogP contribution is 2.52. The van der Waals surface area contributed by atoms with Gasteiger partial charge >= 0.3 is 0 Å². The first-order valence-electron chi connectivity index (χ1n) is 5.57. The van der Waals surface area contributed by atoms with Gasteiger partial charge in [-0.2, -0.15) is 0 Å². The molecule has 2 aliphatic carbocycles. The fourth-order valence-electron chi connectivity index (χ4n) is 3.27. The Kier molecular flexibility index (Phi) is 2.10. The standard InChI is InChI=1S/C11H22Si/c1-12(2,3)11-7-9-5-4-6-10(9)8-11/h9-11H,4-8H2,1-3H3. The molecule has 2 aliphatic rings. The van der Waals surface area contributed by atoms with Gasteiger partial charge in [0.1, 0.15) is 0 Å². The Morgan fingerprint density at radius 2 is 1.42 bits per heavy atom. The van der Waals surface area contributed by atoms with Gasteiger partial charge in [-0.3, -0.25) is 0 Å². The molecule has 0 bridgehead atoms. The van der Waals surface area contributed by atoms with E-state index in [9.17, 15) is 0 Å². The van der Waals surface area contributed by atoms with Crippen LogP contribution < -0.4 is 0 Å². The molecule has 0 nitrogen and oxygen atoms in total. The molecule has 0 radical (unpaired) electrons. The molecule has 0 aromatic rings. The topological polar surface area (TPSA) is 0 Å². The molecule has 1 heteroatoms. The SMILES string of the molecule is C[Si](C)(C)C1CC2CCCC2C1. The highest BCUT2D eigenvalue weighted by Gasteiger charge is 2.41. The highest BCUT2D eigenvalue weighted by molar-refractivity contribution is 6.77. The fraction of sp³-hybridized carbons (Fsp3) is 1.00. The van der Waals surface area contributed by atoms with Crippen LogP contribution in [0.25, 0.3) is 0 Å². The van der Waals surface area contributed by atoms with Crippen molar-refractivity contribution >= 4 is 8.07 Å². The van der Waals surface area contributed by atoms with Crippen LogP contribution in [0.4, 0.5) is 0 Å². The first kappa shape index (κ1) is 8.80. The number of fused-ring (bicyclic) bond motifs is 1. The van der Waals surface area contributed by atoms with Crippen LogP contribution in [0.1, 0.15) is 32.1 Å². The molecular formula is C11H22Si. The number of hydrogen-bond donors (Lipinski definition) is 0. The van der Waals surface area contributed by atoms with Crippen LogP contribution in [0.2, 0.25) is 25.2 Å². The second kappa shape index (κ2) is 2.86. The van der Waals surface area contributed by atoms with Gasteiger partial charge in [0.05, 0.1) is 0 Å². The molecule has 70 valence electrons. The van der Waals surface area contributed by atoms with Crippen molar-refractivity contribution in [3.63, 3.8) is 0 Å². The Morgan fingerprint density at radius 3 is 1.83 bits per heavy atom. The zero-order valence-electron chi connectivity index (χ0n) is 8.77. The monoisotopic (exact) mass is 182 g/mol. The summed E-state index contributed by atoms with van der Waals surface area (Å²) in [6, 6.07) is 0. The van der Waals surface area contributed by atoms with Crippen molar-refractivity contribution in [1.29, 1.82) is 0 Å². The third-order valence-corrected chi connectivity index (χ3v) is 7.14. The van der Waals surface area contributed by atoms with Crippen molar-refractivity contribution in [1.82, 2.24) is 0 Å². The summed E-state index contributed by atoms with van der Waals surface area (Å²) in [5.41, 5.74) is 1.16. The van der Waals surface area contributed by atoms with Gasteiger partial charge in [0.15, 0.2) is 0 Å². The molecule has 2 fully saturated rings. The van der Waals surface area contributed by atoms with E-state index in [4.69, 9.17) is 0 Å². The quantitative estimate of drug-likeness (QED) is 0.539. The average molecular weight is 182 g/mol.